The van der Waals surface area contributed by atoms with Gasteiger partial charge in [-0.05, 0) is 12.1 Å². The summed E-state index contributed by atoms with van der Waals surface area (Å²) in [6.07, 6.45) is 0. The first-order valence-electron chi connectivity index (χ1n) is 6.96. The van der Waals surface area contributed by atoms with Crippen molar-refractivity contribution in [3.05, 3.63) is 30.3 Å². The second-order valence-corrected chi connectivity index (χ2v) is 6.43. The van der Waals surface area contributed by atoms with Crippen LogP contribution in [-0.4, -0.2) is 31.1 Å². The maximum Gasteiger partial charge on any atom is 0.381 e. The van der Waals surface area contributed by atoms with Gasteiger partial charge in [0, 0.05) is 30.5 Å². The minimum absolute atomic E-state index is 0.110. The van der Waals surface area contributed by atoms with Crippen LogP contribution in [0.1, 0.15) is 20.8 Å². The fourth-order valence-electron chi connectivity index (χ4n) is 1.61. The summed E-state index contributed by atoms with van der Waals surface area (Å²) in [5, 5.41) is 9.22. The highest BCUT2D eigenvalue weighted by molar-refractivity contribution is 6.34. The molecule has 1 unspecified atom stereocenters. The number of nitrogens with one attached hydrogen (secondary N) is 1. The minimum atomic E-state index is -1.34. The van der Waals surface area contributed by atoms with Crippen molar-refractivity contribution in [3.63, 3.8) is 0 Å². The summed E-state index contributed by atoms with van der Waals surface area (Å²) in [5.41, 5.74) is 0.405. The Morgan fingerprint density at radius 1 is 1.30 bits per heavy atom. The van der Waals surface area contributed by atoms with Crippen LogP contribution in [0.3, 0.4) is 0 Å². The maximum atomic E-state index is 11.1. The van der Waals surface area contributed by atoms with Crippen molar-refractivity contribution in [1.29, 1.82) is 0 Å². The molecule has 1 aliphatic heterocycles. The van der Waals surface area contributed by atoms with E-state index in [4.69, 9.17) is 11.6 Å². The van der Waals surface area contributed by atoms with Gasteiger partial charge in [-0.25, -0.2) is 9.59 Å². The molecule has 1 atom stereocenters. The molecule has 0 spiro atoms. The molecular weight excluding hydrogens is 320 g/mol. The first kappa shape index (κ1) is 18.9. The summed E-state index contributed by atoms with van der Waals surface area (Å²) in [6.45, 7) is 5.39. The van der Waals surface area contributed by atoms with Crippen LogP contribution >= 0.6 is 11.6 Å². The average Bonchev–Trinajstić information content (AvgIpc) is 2.88. The third-order valence-electron chi connectivity index (χ3n) is 3.23. The van der Waals surface area contributed by atoms with Crippen LogP contribution in [0.4, 0.5) is 10.5 Å². The molecule has 1 aliphatic rings. The van der Waals surface area contributed by atoms with Crippen molar-refractivity contribution in [2.75, 3.05) is 19.0 Å². The highest BCUT2D eigenvalue weighted by Crippen LogP contribution is 2.41. The Morgan fingerprint density at radius 2 is 1.87 bits per heavy atom. The molecule has 1 aromatic carbocycles. The number of amides is 2. The number of carbonyl (C=O) groups is 2. The lowest BCUT2D eigenvalue weighted by molar-refractivity contribution is -0.144. The maximum absolute atomic E-state index is 11.1. The smallest absolute Gasteiger partial charge is 0.341 e. The predicted molar refractivity (Wildman–Crippen MR) is 88.3 cm³/mol. The quantitative estimate of drug-likeness (QED) is 0.628. The number of nitrogens with zero attached hydrogens (tertiary/aromatic N) is 3. The molecule has 0 aromatic heterocycles. The number of urea groups is 1. The number of rotatable bonds is 1. The van der Waals surface area contributed by atoms with Crippen LogP contribution in [0.2, 0.25) is 0 Å². The third kappa shape index (κ3) is 4.41. The lowest BCUT2D eigenvalue weighted by Crippen LogP contribution is -2.40. The summed E-state index contributed by atoms with van der Waals surface area (Å²) in [6, 6.07) is 9.37. The molecular formula is C15H21ClN4O3. The summed E-state index contributed by atoms with van der Waals surface area (Å²) < 4.78 is 0. The number of halogens is 1. The molecule has 1 N–H and O–H groups in total. The SMILES string of the molecule is CC(C)(C)C1(Cl)N=NOC1=O.CNC(=O)N(C)c1ccccc1. The van der Waals surface area contributed by atoms with Crippen molar-refractivity contribution in [1.82, 2.24) is 5.32 Å². The lowest BCUT2D eigenvalue weighted by Gasteiger charge is -2.27. The van der Waals surface area contributed by atoms with Gasteiger partial charge in [0.15, 0.2) is 0 Å². The number of hydrogen-bond acceptors (Lipinski definition) is 5. The zero-order valence-corrected chi connectivity index (χ0v) is 14.6. The van der Waals surface area contributed by atoms with Crippen LogP contribution < -0.4 is 10.2 Å². The van der Waals surface area contributed by atoms with Crippen molar-refractivity contribution in [3.8, 4) is 0 Å². The van der Waals surface area contributed by atoms with E-state index in [0.717, 1.165) is 5.69 Å². The summed E-state index contributed by atoms with van der Waals surface area (Å²) in [4.78, 5) is 26.6. The Bertz CT molecular complexity index is 586. The molecule has 2 amide bonds. The van der Waals surface area contributed by atoms with Gasteiger partial charge < -0.3 is 5.32 Å². The topological polar surface area (TPSA) is 83.4 Å². The van der Waals surface area contributed by atoms with Crippen molar-refractivity contribution < 1.29 is 14.4 Å². The molecule has 7 nitrogen and oxygen atoms in total. The number of benzene rings is 1. The largest absolute Gasteiger partial charge is 0.381 e. The minimum Gasteiger partial charge on any atom is -0.341 e. The van der Waals surface area contributed by atoms with E-state index >= 15 is 0 Å². The van der Waals surface area contributed by atoms with Crippen LogP contribution in [0.15, 0.2) is 40.7 Å². The standard InChI is InChI=1S/C9H12N2O.C6H9ClN2O2/c1-10-9(12)11(2)8-6-4-3-5-7-8;1-5(2,3)6(7)4(10)11-9-8-6/h3-7H,1-2H3,(H,10,12);1-3H3. The third-order valence-corrected chi connectivity index (χ3v) is 4.03. The molecule has 126 valence electrons. The highest BCUT2D eigenvalue weighted by atomic mass is 35.5. The molecule has 1 heterocycles. The first-order valence-corrected chi connectivity index (χ1v) is 7.34. The van der Waals surface area contributed by atoms with Crippen molar-refractivity contribution in [2.24, 2.45) is 15.8 Å². The van der Waals surface area contributed by atoms with Crippen LogP contribution in [0, 0.1) is 5.41 Å². The Kier molecular flexibility index (Phi) is 6.09. The van der Waals surface area contributed by atoms with Crippen molar-refractivity contribution in [2.45, 2.75) is 25.8 Å². The lowest BCUT2D eigenvalue weighted by atomic mass is 9.87. The Morgan fingerprint density at radius 3 is 2.22 bits per heavy atom. The van der Waals surface area contributed by atoms with E-state index in [1.807, 2.05) is 30.3 Å². The zero-order valence-electron chi connectivity index (χ0n) is 13.8. The molecule has 0 bridgehead atoms. The Balaban J connectivity index is 0.000000231. The number of anilines is 1. The van der Waals surface area contributed by atoms with E-state index in [1.165, 1.54) is 0 Å². The van der Waals surface area contributed by atoms with E-state index in [0.29, 0.717) is 0 Å². The van der Waals surface area contributed by atoms with Crippen LogP contribution in [0.25, 0.3) is 0 Å². The van der Waals surface area contributed by atoms with Gasteiger partial charge in [0.2, 0.25) is 0 Å². The van der Waals surface area contributed by atoms with Crippen LogP contribution in [0.5, 0.6) is 0 Å². The fraction of sp³-hybridized carbons (Fsp3) is 0.467. The number of alkyl halides is 1. The molecule has 0 saturated carbocycles. The second-order valence-electron chi connectivity index (χ2n) is 5.88. The first-order chi connectivity index (χ1) is 10.6. The van der Waals surface area contributed by atoms with Gasteiger partial charge in [-0.15, -0.1) is 5.11 Å². The van der Waals surface area contributed by atoms with E-state index < -0.39 is 16.4 Å². The van der Waals surface area contributed by atoms with Crippen LogP contribution in [-0.2, 0) is 9.63 Å². The molecule has 0 fully saturated rings. The van der Waals surface area contributed by atoms with Gasteiger partial charge >= 0.3 is 12.0 Å². The molecule has 8 heteroatoms. The van der Waals surface area contributed by atoms with E-state index in [-0.39, 0.29) is 6.03 Å². The van der Waals surface area contributed by atoms with Gasteiger partial charge in [0.1, 0.15) is 0 Å². The number of para-hydroxylation sites is 1. The zero-order chi connectivity index (χ0) is 17.7. The monoisotopic (exact) mass is 340 g/mol. The van der Waals surface area contributed by atoms with Gasteiger partial charge in [0.25, 0.3) is 5.00 Å². The van der Waals surface area contributed by atoms with Gasteiger partial charge in [-0.1, -0.05) is 50.6 Å². The molecule has 0 radical (unpaired) electrons. The van der Waals surface area contributed by atoms with E-state index in [9.17, 15) is 9.59 Å². The van der Waals surface area contributed by atoms with Gasteiger partial charge in [-0.2, -0.15) is 0 Å². The van der Waals surface area contributed by atoms with Gasteiger partial charge in [0.05, 0.1) is 0 Å². The normalized spacial score (nSPS) is 19.5. The molecule has 0 saturated heterocycles. The second kappa shape index (κ2) is 7.41. The summed E-state index contributed by atoms with van der Waals surface area (Å²) in [5.74, 6) is -0.605. The van der Waals surface area contributed by atoms with E-state index in [1.54, 1.807) is 39.8 Å². The molecule has 23 heavy (non-hydrogen) atoms. The van der Waals surface area contributed by atoms with Gasteiger partial charge in [-0.3, -0.25) is 9.74 Å². The Hall–Kier alpha value is -2.15. The average molecular weight is 341 g/mol. The van der Waals surface area contributed by atoms with E-state index in [2.05, 4.69) is 20.5 Å². The predicted octanol–water partition coefficient (Wildman–Crippen LogP) is 3.35. The number of hydrogen-bond donors (Lipinski definition) is 1. The number of carbonyl (C=O) groups excluding carboxylic acids is 2. The Labute approximate surface area is 140 Å². The summed E-state index contributed by atoms with van der Waals surface area (Å²) >= 11 is 5.86. The highest BCUT2D eigenvalue weighted by Gasteiger charge is 2.53. The molecule has 0 aliphatic carbocycles. The van der Waals surface area contributed by atoms with Crippen molar-refractivity contribution >= 4 is 29.3 Å². The molecule has 1 aromatic rings. The fourth-order valence-corrected chi connectivity index (χ4v) is 1.67. The summed E-state index contributed by atoms with van der Waals surface area (Å²) in [7, 11) is 3.34. The molecule has 2 rings (SSSR count).